The monoisotopic (exact) mass is 292 g/mol. The van der Waals surface area contributed by atoms with E-state index in [1.54, 1.807) is 7.05 Å². The molecular weight excluding hydrogens is 279 g/mol. The number of benzene rings is 1. The molecule has 0 aliphatic heterocycles. The van der Waals surface area contributed by atoms with Crippen LogP contribution in [-0.2, 0) is 6.42 Å². The van der Waals surface area contributed by atoms with Crippen LogP contribution in [0.15, 0.2) is 42.6 Å². The van der Waals surface area contributed by atoms with Crippen molar-refractivity contribution in [2.45, 2.75) is 6.42 Å². The molecule has 1 amide bonds. The van der Waals surface area contributed by atoms with Crippen molar-refractivity contribution < 1.29 is 9.18 Å². The molecule has 1 heterocycles. The summed E-state index contributed by atoms with van der Waals surface area (Å²) in [7, 11) is 1.66. The van der Waals surface area contributed by atoms with Crippen molar-refractivity contribution in [2.24, 2.45) is 0 Å². The van der Waals surface area contributed by atoms with E-state index in [1.165, 1.54) is 4.90 Å². The molecule has 0 saturated heterocycles. The number of halogens is 2. The van der Waals surface area contributed by atoms with Gasteiger partial charge in [0, 0.05) is 13.6 Å². The van der Waals surface area contributed by atoms with Crippen LogP contribution in [0.5, 0.6) is 0 Å². The lowest BCUT2D eigenvalue weighted by molar-refractivity contribution is 0.0796. The van der Waals surface area contributed by atoms with Crippen LogP contribution in [0, 0.1) is 5.82 Å². The molecule has 0 unspecified atom stereocenters. The Balaban J connectivity index is 2.03. The number of carbonyl (C=O) groups is 1. The molecule has 1 aromatic carbocycles. The third kappa shape index (κ3) is 3.54. The average molecular weight is 293 g/mol. The maximum atomic E-state index is 13.1. The summed E-state index contributed by atoms with van der Waals surface area (Å²) in [6.07, 6.45) is 1.71. The Kier molecular flexibility index (Phi) is 4.69. The molecule has 5 heteroatoms. The van der Waals surface area contributed by atoms with E-state index >= 15 is 0 Å². The van der Waals surface area contributed by atoms with Gasteiger partial charge >= 0.3 is 0 Å². The number of amides is 1. The van der Waals surface area contributed by atoms with Crippen LogP contribution in [0.1, 0.15) is 15.9 Å². The topological polar surface area (TPSA) is 33.2 Å². The summed E-state index contributed by atoms with van der Waals surface area (Å²) in [5.74, 6) is -0.910. The Morgan fingerprint density at radius 1 is 1.35 bits per heavy atom. The summed E-state index contributed by atoms with van der Waals surface area (Å²) in [4.78, 5) is 17.3. The van der Waals surface area contributed by atoms with Gasteiger partial charge in [0.15, 0.2) is 0 Å². The summed E-state index contributed by atoms with van der Waals surface area (Å²) >= 11 is 5.83. The predicted molar refractivity (Wildman–Crippen MR) is 76.3 cm³/mol. The molecule has 0 aliphatic rings. The highest BCUT2D eigenvalue weighted by atomic mass is 35.5. The fraction of sp³-hybridized carbons (Fsp3) is 0.200. The van der Waals surface area contributed by atoms with Gasteiger partial charge < -0.3 is 4.90 Å². The van der Waals surface area contributed by atoms with Gasteiger partial charge in [0.05, 0.1) is 11.8 Å². The van der Waals surface area contributed by atoms with Crippen molar-refractivity contribution in [2.75, 3.05) is 13.6 Å². The first-order valence-electron chi connectivity index (χ1n) is 6.18. The fourth-order valence-electron chi connectivity index (χ4n) is 1.82. The van der Waals surface area contributed by atoms with Gasteiger partial charge in [-0.1, -0.05) is 41.9 Å². The number of likely N-dealkylation sites (N-methyl/N-ethyl adjacent to an activating group) is 1. The minimum atomic E-state index is -0.575. The number of hydrogen-bond donors (Lipinski definition) is 0. The number of carbonyl (C=O) groups excluding carboxylic acids is 1. The van der Waals surface area contributed by atoms with Crippen molar-refractivity contribution in [1.82, 2.24) is 9.88 Å². The average Bonchev–Trinajstić information content (AvgIpc) is 2.47. The molecular formula is C15H14ClFN2O. The van der Waals surface area contributed by atoms with E-state index in [0.717, 1.165) is 24.2 Å². The zero-order valence-corrected chi connectivity index (χ0v) is 11.8. The smallest absolute Gasteiger partial charge is 0.256 e. The van der Waals surface area contributed by atoms with Crippen LogP contribution in [-0.4, -0.2) is 29.4 Å². The van der Waals surface area contributed by atoms with E-state index in [2.05, 4.69) is 4.98 Å². The maximum absolute atomic E-state index is 13.1. The minimum absolute atomic E-state index is 0.0166. The largest absolute Gasteiger partial charge is 0.341 e. The normalized spacial score (nSPS) is 10.3. The lowest BCUT2D eigenvalue weighted by Crippen LogP contribution is -2.29. The summed E-state index contributed by atoms with van der Waals surface area (Å²) in [6, 6.07) is 10.9. The zero-order chi connectivity index (χ0) is 14.5. The van der Waals surface area contributed by atoms with Crippen LogP contribution >= 0.6 is 11.6 Å². The molecule has 0 atom stereocenters. The van der Waals surface area contributed by atoms with Gasteiger partial charge in [-0.3, -0.25) is 4.79 Å². The minimum Gasteiger partial charge on any atom is -0.341 e. The first-order chi connectivity index (χ1) is 9.58. The van der Waals surface area contributed by atoms with Gasteiger partial charge in [0.2, 0.25) is 0 Å². The van der Waals surface area contributed by atoms with E-state index in [0.29, 0.717) is 6.54 Å². The molecule has 2 aromatic rings. The van der Waals surface area contributed by atoms with Crippen LogP contribution in [0.3, 0.4) is 0 Å². The van der Waals surface area contributed by atoms with Crippen LogP contribution in [0.4, 0.5) is 4.39 Å². The van der Waals surface area contributed by atoms with E-state index in [4.69, 9.17) is 11.6 Å². The number of pyridine rings is 1. The van der Waals surface area contributed by atoms with Crippen LogP contribution in [0.2, 0.25) is 5.15 Å². The third-order valence-electron chi connectivity index (χ3n) is 2.96. The molecule has 3 nitrogen and oxygen atoms in total. The Morgan fingerprint density at radius 3 is 2.75 bits per heavy atom. The molecule has 0 fully saturated rings. The third-order valence-corrected chi connectivity index (χ3v) is 3.26. The van der Waals surface area contributed by atoms with Crippen molar-refractivity contribution in [3.05, 3.63) is 64.7 Å². The highest BCUT2D eigenvalue weighted by Crippen LogP contribution is 2.15. The lowest BCUT2D eigenvalue weighted by Gasteiger charge is -2.17. The molecule has 0 N–H and O–H groups in total. The molecule has 0 saturated carbocycles. The fourth-order valence-corrected chi connectivity index (χ4v) is 2.01. The predicted octanol–water partition coefficient (Wildman–Crippen LogP) is 3.19. The summed E-state index contributed by atoms with van der Waals surface area (Å²) in [6.45, 7) is 0.524. The van der Waals surface area contributed by atoms with Crippen molar-refractivity contribution in [3.63, 3.8) is 0 Å². The Bertz CT molecular complexity index is 604. The van der Waals surface area contributed by atoms with E-state index in [1.807, 2.05) is 30.3 Å². The van der Waals surface area contributed by atoms with Gasteiger partial charge in [-0.2, -0.15) is 0 Å². The van der Waals surface area contributed by atoms with Crippen LogP contribution < -0.4 is 0 Å². The molecule has 2 rings (SSSR count). The quantitative estimate of drug-likeness (QED) is 0.811. The van der Waals surface area contributed by atoms with Gasteiger partial charge in [0.1, 0.15) is 11.0 Å². The van der Waals surface area contributed by atoms with Gasteiger partial charge in [0.25, 0.3) is 5.91 Å². The SMILES string of the molecule is CN(CCc1ccccc1)C(=O)c1cc(F)cnc1Cl. The summed E-state index contributed by atoms with van der Waals surface area (Å²) in [5.41, 5.74) is 1.22. The zero-order valence-electron chi connectivity index (χ0n) is 11.0. The molecule has 0 aliphatic carbocycles. The summed E-state index contributed by atoms with van der Waals surface area (Å²) in [5, 5.41) is 0.0166. The van der Waals surface area contributed by atoms with Gasteiger partial charge in [-0.05, 0) is 18.1 Å². The Morgan fingerprint density at radius 2 is 2.05 bits per heavy atom. The second kappa shape index (κ2) is 6.48. The van der Waals surface area contributed by atoms with Crippen molar-refractivity contribution in [3.8, 4) is 0 Å². The Hall–Kier alpha value is -1.94. The lowest BCUT2D eigenvalue weighted by atomic mass is 10.1. The molecule has 0 spiro atoms. The van der Waals surface area contributed by atoms with Crippen LogP contribution in [0.25, 0.3) is 0 Å². The molecule has 0 bridgehead atoms. The number of nitrogens with zero attached hydrogens (tertiary/aromatic N) is 2. The number of rotatable bonds is 4. The Labute approximate surface area is 122 Å². The maximum Gasteiger partial charge on any atom is 0.256 e. The number of hydrogen-bond acceptors (Lipinski definition) is 2. The first kappa shape index (κ1) is 14.5. The second-order valence-electron chi connectivity index (χ2n) is 4.45. The van der Waals surface area contributed by atoms with Crippen molar-refractivity contribution >= 4 is 17.5 Å². The van der Waals surface area contributed by atoms with Gasteiger partial charge in [-0.15, -0.1) is 0 Å². The highest BCUT2D eigenvalue weighted by Gasteiger charge is 2.16. The molecule has 20 heavy (non-hydrogen) atoms. The first-order valence-corrected chi connectivity index (χ1v) is 6.56. The molecule has 1 aromatic heterocycles. The highest BCUT2D eigenvalue weighted by molar-refractivity contribution is 6.32. The van der Waals surface area contributed by atoms with E-state index in [9.17, 15) is 9.18 Å². The number of aromatic nitrogens is 1. The van der Waals surface area contributed by atoms with E-state index in [-0.39, 0.29) is 16.6 Å². The standard InChI is InChI=1S/C15H14ClFN2O/c1-19(8-7-11-5-3-2-4-6-11)15(20)13-9-12(17)10-18-14(13)16/h2-6,9-10H,7-8H2,1H3. The second-order valence-corrected chi connectivity index (χ2v) is 4.81. The molecule has 104 valence electrons. The van der Waals surface area contributed by atoms with Gasteiger partial charge in [-0.25, -0.2) is 9.37 Å². The van der Waals surface area contributed by atoms with E-state index < -0.39 is 5.82 Å². The van der Waals surface area contributed by atoms with Crippen molar-refractivity contribution in [1.29, 1.82) is 0 Å². The molecule has 0 radical (unpaired) electrons. The summed E-state index contributed by atoms with van der Waals surface area (Å²) < 4.78 is 13.1.